The molecule has 0 aromatic carbocycles. The number of hydrogen-bond acceptors (Lipinski definition) is 4. The molecule has 0 saturated heterocycles. The molecule has 0 aromatic rings. The SMILES string of the molecule is CCC(C)N(C)CCNC(=NC)NCCNC(=O)OC(C)(C)C.I. The monoisotopic (exact) mass is 457 g/mol. The fourth-order valence-corrected chi connectivity index (χ4v) is 1.76. The van der Waals surface area contributed by atoms with Crippen molar-refractivity contribution in [1.82, 2.24) is 20.9 Å². The molecule has 0 aromatic heterocycles. The molecule has 0 saturated carbocycles. The van der Waals surface area contributed by atoms with E-state index in [4.69, 9.17) is 4.74 Å². The molecule has 1 unspecified atom stereocenters. The van der Waals surface area contributed by atoms with Gasteiger partial charge in [0.05, 0.1) is 0 Å². The van der Waals surface area contributed by atoms with Gasteiger partial charge in [0.1, 0.15) is 5.60 Å². The fourth-order valence-electron chi connectivity index (χ4n) is 1.76. The fraction of sp³-hybridized carbons (Fsp3) is 0.875. The summed E-state index contributed by atoms with van der Waals surface area (Å²) in [7, 11) is 3.85. The molecule has 0 heterocycles. The van der Waals surface area contributed by atoms with Crippen molar-refractivity contribution >= 4 is 36.0 Å². The second-order valence-corrected chi connectivity index (χ2v) is 6.59. The van der Waals surface area contributed by atoms with Crippen molar-refractivity contribution in [3.05, 3.63) is 0 Å². The van der Waals surface area contributed by atoms with Crippen LogP contribution in [-0.4, -0.2) is 68.9 Å². The second kappa shape index (κ2) is 13.5. The van der Waals surface area contributed by atoms with Gasteiger partial charge < -0.3 is 25.6 Å². The molecule has 3 N–H and O–H groups in total. The van der Waals surface area contributed by atoms with Crippen LogP contribution in [0.3, 0.4) is 0 Å². The molecule has 0 fully saturated rings. The molecule has 7 nitrogen and oxygen atoms in total. The Morgan fingerprint density at radius 2 is 1.71 bits per heavy atom. The minimum absolute atomic E-state index is 0. The Kier molecular flexibility index (Phi) is 14.3. The maximum Gasteiger partial charge on any atom is 0.407 e. The van der Waals surface area contributed by atoms with Crippen molar-refractivity contribution in [1.29, 1.82) is 0 Å². The number of nitrogens with one attached hydrogen (secondary N) is 3. The Morgan fingerprint density at radius 1 is 1.17 bits per heavy atom. The van der Waals surface area contributed by atoms with Gasteiger partial charge in [-0.25, -0.2) is 4.79 Å². The Morgan fingerprint density at radius 3 is 2.21 bits per heavy atom. The maximum absolute atomic E-state index is 11.5. The molecule has 0 aliphatic carbocycles. The van der Waals surface area contributed by atoms with Gasteiger partial charge in [0.2, 0.25) is 0 Å². The van der Waals surface area contributed by atoms with Gasteiger partial charge in [0.15, 0.2) is 5.96 Å². The molecule has 0 radical (unpaired) electrons. The number of nitrogens with zero attached hydrogens (tertiary/aromatic N) is 2. The summed E-state index contributed by atoms with van der Waals surface area (Å²) < 4.78 is 5.17. The first-order valence-electron chi connectivity index (χ1n) is 8.31. The number of likely N-dealkylation sites (N-methyl/N-ethyl adjacent to an activating group) is 1. The van der Waals surface area contributed by atoms with Gasteiger partial charge in [-0.2, -0.15) is 0 Å². The number of carbonyl (C=O) groups excluding carboxylic acids is 1. The van der Waals surface area contributed by atoms with Crippen LogP contribution in [0.1, 0.15) is 41.0 Å². The molecular weight excluding hydrogens is 421 g/mol. The minimum Gasteiger partial charge on any atom is -0.444 e. The largest absolute Gasteiger partial charge is 0.444 e. The first-order chi connectivity index (χ1) is 10.7. The molecule has 144 valence electrons. The molecule has 8 heteroatoms. The van der Waals surface area contributed by atoms with E-state index >= 15 is 0 Å². The van der Waals surface area contributed by atoms with Crippen molar-refractivity contribution in [3.8, 4) is 0 Å². The van der Waals surface area contributed by atoms with E-state index in [-0.39, 0.29) is 24.0 Å². The van der Waals surface area contributed by atoms with Crippen LogP contribution in [0.5, 0.6) is 0 Å². The predicted octanol–water partition coefficient (Wildman–Crippen LogP) is 2.02. The van der Waals surface area contributed by atoms with E-state index in [1.54, 1.807) is 7.05 Å². The Bertz CT molecular complexity index is 372. The third kappa shape index (κ3) is 13.6. The molecule has 0 bridgehead atoms. The number of aliphatic imine (C=N–C) groups is 1. The van der Waals surface area contributed by atoms with Crippen molar-refractivity contribution in [3.63, 3.8) is 0 Å². The number of hydrogen-bond donors (Lipinski definition) is 3. The number of rotatable bonds is 8. The lowest BCUT2D eigenvalue weighted by Gasteiger charge is -2.24. The van der Waals surface area contributed by atoms with Crippen LogP contribution in [0.2, 0.25) is 0 Å². The Labute approximate surface area is 164 Å². The number of amides is 1. The lowest BCUT2D eigenvalue weighted by molar-refractivity contribution is 0.0529. The van der Waals surface area contributed by atoms with Crippen LogP contribution in [0, 0.1) is 0 Å². The Hall–Kier alpha value is -0.770. The molecule has 0 rings (SSSR count). The number of ether oxygens (including phenoxy) is 1. The van der Waals surface area contributed by atoms with E-state index in [0.29, 0.717) is 19.1 Å². The second-order valence-electron chi connectivity index (χ2n) is 6.59. The lowest BCUT2D eigenvalue weighted by atomic mass is 10.2. The predicted molar refractivity (Wildman–Crippen MR) is 111 cm³/mol. The van der Waals surface area contributed by atoms with Gasteiger partial charge in [-0.3, -0.25) is 4.99 Å². The number of carbonyl (C=O) groups is 1. The summed E-state index contributed by atoms with van der Waals surface area (Å²) in [4.78, 5) is 18.0. The normalized spacial score (nSPS) is 13.1. The molecule has 1 atom stereocenters. The van der Waals surface area contributed by atoms with Gasteiger partial charge >= 0.3 is 6.09 Å². The highest BCUT2D eigenvalue weighted by Crippen LogP contribution is 2.05. The third-order valence-electron chi connectivity index (χ3n) is 3.41. The Balaban J connectivity index is 0. The van der Waals surface area contributed by atoms with Gasteiger partial charge in [0.25, 0.3) is 0 Å². The van der Waals surface area contributed by atoms with Crippen LogP contribution < -0.4 is 16.0 Å². The molecule has 24 heavy (non-hydrogen) atoms. The number of halogens is 1. The lowest BCUT2D eigenvalue weighted by Crippen LogP contribution is -2.45. The van der Waals surface area contributed by atoms with Crippen LogP contribution in [0.4, 0.5) is 4.79 Å². The highest BCUT2D eigenvalue weighted by molar-refractivity contribution is 14.0. The number of alkyl carbamates (subject to hydrolysis) is 1. The summed E-state index contributed by atoms with van der Waals surface area (Å²) >= 11 is 0. The summed E-state index contributed by atoms with van der Waals surface area (Å²) in [5, 5.41) is 9.11. The van der Waals surface area contributed by atoms with E-state index < -0.39 is 11.7 Å². The van der Waals surface area contributed by atoms with E-state index in [2.05, 4.69) is 46.7 Å². The van der Waals surface area contributed by atoms with Crippen molar-refractivity contribution in [2.45, 2.75) is 52.7 Å². The molecule has 0 aliphatic heterocycles. The molecule has 0 spiro atoms. The molecule has 0 aliphatic rings. The first kappa shape index (κ1) is 25.5. The smallest absolute Gasteiger partial charge is 0.407 e. The zero-order valence-electron chi connectivity index (χ0n) is 16.2. The average Bonchev–Trinajstić information content (AvgIpc) is 2.46. The first-order valence-corrected chi connectivity index (χ1v) is 8.31. The highest BCUT2D eigenvalue weighted by atomic mass is 127. The van der Waals surface area contributed by atoms with Crippen molar-refractivity contribution in [2.75, 3.05) is 40.3 Å². The summed E-state index contributed by atoms with van der Waals surface area (Å²) in [6.07, 6.45) is 0.734. The van der Waals surface area contributed by atoms with Gasteiger partial charge in [-0.05, 0) is 41.2 Å². The van der Waals surface area contributed by atoms with Gasteiger partial charge in [0, 0.05) is 39.3 Å². The topological polar surface area (TPSA) is 78.0 Å². The minimum atomic E-state index is -0.475. The maximum atomic E-state index is 11.5. The highest BCUT2D eigenvalue weighted by Gasteiger charge is 2.15. The summed E-state index contributed by atoms with van der Waals surface area (Å²) in [6.45, 7) is 12.8. The van der Waals surface area contributed by atoms with Crippen LogP contribution >= 0.6 is 24.0 Å². The van der Waals surface area contributed by atoms with Crippen LogP contribution in [-0.2, 0) is 4.74 Å². The van der Waals surface area contributed by atoms with Crippen molar-refractivity contribution < 1.29 is 9.53 Å². The van der Waals surface area contributed by atoms with E-state index in [1.807, 2.05) is 20.8 Å². The molecule has 1 amide bonds. The summed E-state index contributed by atoms with van der Waals surface area (Å²) in [5.74, 6) is 0.730. The molecular formula is C16H36IN5O2. The number of guanidine groups is 1. The van der Waals surface area contributed by atoms with E-state index in [9.17, 15) is 4.79 Å². The summed E-state index contributed by atoms with van der Waals surface area (Å²) in [5.41, 5.74) is -0.475. The van der Waals surface area contributed by atoms with Gasteiger partial charge in [-0.15, -0.1) is 24.0 Å². The van der Waals surface area contributed by atoms with Crippen molar-refractivity contribution in [2.24, 2.45) is 4.99 Å². The zero-order valence-corrected chi connectivity index (χ0v) is 18.6. The van der Waals surface area contributed by atoms with Crippen LogP contribution in [0.25, 0.3) is 0 Å². The van der Waals surface area contributed by atoms with Crippen LogP contribution in [0.15, 0.2) is 4.99 Å². The third-order valence-corrected chi connectivity index (χ3v) is 3.41. The van der Waals surface area contributed by atoms with Gasteiger partial charge in [-0.1, -0.05) is 6.92 Å². The standard InChI is InChI=1S/C16H35N5O2.HI/c1-8-13(2)21(7)12-11-19-14(17-6)18-9-10-20-15(22)23-16(3,4)5;/h13H,8-12H2,1-7H3,(H,20,22)(H2,17,18,19);1H. The van der Waals surface area contributed by atoms with E-state index in [0.717, 1.165) is 25.5 Å². The average molecular weight is 457 g/mol. The quantitative estimate of drug-likeness (QED) is 0.225. The summed E-state index contributed by atoms with van der Waals surface area (Å²) in [6, 6.07) is 0.574. The zero-order chi connectivity index (χ0) is 17.9. The van der Waals surface area contributed by atoms with E-state index in [1.165, 1.54) is 0 Å².